The van der Waals surface area contributed by atoms with Crippen molar-refractivity contribution in [3.63, 3.8) is 0 Å². The fraction of sp³-hybridized carbons (Fsp3) is 0.444. The van der Waals surface area contributed by atoms with E-state index >= 15 is 0 Å². The van der Waals surface area contributed by atoms with Gasteiger partial charge < -0.3 is 4.74 Å². The summed E-state index contributed by atoms with van der Waals surface area (Å²) in [6.07, 6.45) is 1.82. The lowest BCUT2D eigenvalue weighted by Crippen LogP contribution is -1.97. The fourth-order valence-electron chi connectivity index (χ4n) is 1.09. The van der Waals surface area contributed by atoms with Crippen LogP contribution in [0.25, 0.3) is 0 Å². The highest BCUT2D eigenvalue weighted by Gasteiger charge is 2.00. The molecule has 0 aliphatic rings. The van der Waals surface area contributed by atoms with Crippen molar-refractivity contribution >= 4 is 0 Å². The molecule has 0 aliphatic heterocycles. The number of nitrogens with zero attached hydrogens (tertiary/aromatic N) is 1. The molecule has 2 nitrogen and oxygen atoms in total. The molecule has 1 aromatic heterocycles. The molecule has 0 N–H and O–H groups in total. The number of aromatic nitrogens is 1. The van der Waals surface area contributed by atoms with E-state index in [-0.39, 0.29) is 0 Å². The van der Waals surface area contributed by atoms with Crippen LogP contribution >= 0.6 is 0 Å². The predicted molar refractivity (Wildman–Crippen MR) is 44.4 cm³/mol. The lowest BCUT2D eigenvalue weighted by molar-refractivity contribution is 0.183. The van der Waals surface area contributed by atoms with E-state index in [9.17, 15) is 0 Å². The van der Waals surface area contributed by atoms with Crippen LogP contribution in [0.4, 0.5) is 0 Å². The zero-order valence-electron chi connectivity index (χ0n) is 7.22. The highest BCUT2D eigenvalue weighted by molar-refractivity contribution is 5.27. The van der Waals surface area contributed by atoms with Gasteiger partial charge in [0.05, 0.1) is 6.61 Å². The Labute approximate surface area is 67.2 Å². The minimum atomic E-state index is 0.658. The summed E-state index contributed by atoms with van der Waals surface area (Å²) in [5, 5.41) is 0. The molecule has 0 spiro atoms. The summed E-state index contributed by atoms with van der Waals surface area (Å²) >= 11 is 0. The molecular formula is C9H13NO. The molecule has 1 heterocycles. The van der Waals surface area contributed by atoms with Crippen LogP contribution in [-0.4, -0.2) is 12.1 Å². The van der Waals surface area contributed by atoms with Crippen LogP contribution in [-0.2, 0) is 11.3 Å². The van der Waals surface area contributed by atoms with Gasteiger partial charge in [-0.2, -0.15) is 0 Å². The number of hydrogen-bond donors (Lipinski definition) is 0. The van der Waals surface area contributed by atoms with Crippen molar-refractivity contribution in [3.8, 4) is 0 Å². The van der Waals surface area contributed by atoms with Gasteiger partial charge in [0.25, 0.3) is 0 Å². The lowest BCUT2D eigenvalue weighted by Gasteiger charge is -2.06. The largest absolute Gasteiger partial charge is 0.380 e. The predicted octanol–water partition coefficient (Wildman–Crippen LogP) is 1.84. The third-order valence-electron chi connectivity index (χ3n) is 1.79. The van der Waals surface area contributed by atoms with Crippen molar-refractivity contribution in [3.05, 3.63) is 29.1 Å². The number of rotatable bonds is 2. The zero-order valence-corrected chi connectivity index (χ0v) is 7.22. The van der Waals surface area contributed by atoms with Crippen LogP contribution in [0.1, 0.15) is 16.8 Å². The van der Waals surface area contributed by atoms with E-state index in [2.05, 4.69) is 11.9 Å². The lowest BCUT2D eigenvalue weighted by atomic mass is 10.1. The molecule has 1 rings (SSSR count). The van der Waals surface area contributed by atoms with Crippen molar-refractivity contribution in [2.45, 2.75) is 20.5 Å². The summed E-state index contributed by atoms with van der Waals surface area (Å²) in [5.74, 6) is 0. The van der Waals surface area contributed by atoms with Gasteiger partial charge >= 0.3 is 0 Å². The maximum Gasteiger partial charge on any atom is 0.0733 e. The summed E-state index contributed by atoms with van der Waals surface area (Å²) in [4.78, 5) is 4.18. The first-order valence-electron chi connectivity index (χ1n) is 3.65. The molecule has 0 saturated heterocycles. The second kappa shape index (κ2) is 3.49. The molecule has 60 valence electrons. The van der Waals surface area contributed by atoms with Gasteiger partial charge in [0.2, 0.25) is 0 Å². The minimum Gasteiger partial charge on any atom is -0.380 e. The Morgan fingerprint density at radius 2 is 2.18 bits per heavy atom. The topological polar surface area (TPSA) is 22.1 Å². The van der Waals surface area contributed by atoms with Gasteiger partial charge in [0.15, 0.2) is 0 Å². The van der Waals surface area contributed by atoms with E-state index in [1.165, 1.54) is 11.1 Å². The molecular weight excluding hydrogens is 138 g/mol. The van der Waals surface area contributed by atoms with Gasteiger partial charge in [-0.1, -0.05) is 0 Å². The first-order valence-corrected chi connectivity index (χ1v) is 3.65. The molecule has 0 fully saturated rings. The number of hydrogen-bond acceptors (Lipinski definition) is 2. The van der Waals surface area contributed by atoms with Gasteiger partial charge in [-0.05, 0) is 25.5 Å². The maximum atomic E-state index is 5.05. The fourth-order valence-corrected chi connectivity index (χ4v) is 1.09. The highest BCUT2D eigenvalue weighted by atomic mass is 16.5. The van der Waals surface area contributed by atoms with Crippen LogP contribution in [0.2, 0.25) is 0 Å². The van der Waals surface area contributed by atoms with Crippen molar-refractivity contribution in [2.75, 3.05) is 7.11 Å². The average Bonchev–Trinajstić information content (AvgIpc) is 1.97. The Morgan fingerprint density at radius 1 is 1.45 bits per heavy atom. The zero-order chi connectivity index (χ0) is 8.27. The first-order chi connectivity index (χ1) is 5.25. The molecule has 0 radical (unpaired) electrons. The Bertz CT molecular complexity index is 225. The molecule has 0 aliphatic carbocycles. The van der Waals surface area contributed by atoms with Crippen LogP contribution < -0.4 is 0 Å². The second-order valence-corrected chi connectivity index (χ2v) is 2.62. The van der Waals surface area contributed by atoms with E-state index in [0.717, 1.165) is 5.69 Å². The van der Waals surface area contributed by atoms with Crippen molar-refractivity contribution < 1.29 is 4.74 Å². The summed E-state index contributed by atoms with van der Waals surface area (Å²) in [6, 6.07) is 2.00. The molecule has 0 atom stereocenters. The third kappa shape index (κ3) is 1.77. The molecule has 0 amide bonds. The Kier molecular flexibility index (Phi) is 2.60. The SMILES string of the molecule is COCc1c(C)ccnc1C. The van der Waals surface area contributed by atoms with Crippen LogP contribution in [0.5, 0.6) is 0 Å². The molecule has 0 unspecified atom stereocenters. The molecule has 0 aromatic carbocycles. The first kappa shape index (κ1) is 8.21. The summed E-state index contributed by atoms with van der Waals surface area (Å²) in [6.45, 7) is 4.73. The normalized spacial score (nSPS) is 10.1. The molecule has 11 heavy (non-hydrogen) atoms. The number of pyridine rings is 1. The van der Waals surface area contributed by atoms with Crippen LogP contribution in [0.15, 0.2) is 12.3 Å². The standard InChI is InChI=1S/C9H13NO/c1-7-4-5-10-8(2)9(7)6-11-3/h4-5H,6H2,1-3H3. The van der Waals surface area contributed by atoms with Crippen LogP contribution in [0.3, 0.4) is 0 Å². The Balaban J connectivity index is 3.00. The minimum absolute atomic E-state index is 0.658. The molecule has 2 heteroatoms. The van der Waals surface area contributed by atoms with Gasteiger partial charge in [-0.15, -0.1) is 0 Å². The van der Waals surface area contributed by atoms with E-state index < -0.39 is 0 Å². The molecule has 0 saturated carbocycles. The monoisotopic (exact) mass is 151 g/mol. The van der Waals surface area contributed by atoms with E-state index in [0.29, 0.717) is 6.61 Å². The van der Waals surface area contributed by atoms with Crippen molar-refractivity contribution in [1.29, 1.82) is 0 Å². The quantitative estimate of drug-likeness (QED) is 0.643. The summed E-state index contributed by atoms with van der Waals surface area (Å²) in [7, 11) is 1.70. The highest BCUT2D eigenvalue weighted by Crippen LogP contribution is 2.10. The van der Waals surface area contributed by atoms with Crippen molar-refractivity contribution in [2.24, 2.45) is 0 Å². The van der Waals surface area contributed by atoms with Gasteiger partial charge in [-0.3, -0.25) is 4.98 Å². The Morgan fingerprint density at radius 3 is 2.73 bits per heavy atom. The maximum absolute atomic E-state index is 5.05. The number of methoxy groups -OCH3 is 1. The summed E-state index contributed by atoms with van der Waals surface area (Å²) < 4.78 is 5.05. The van der Waals surface area contributed by atoms with Gasteiger partial charge in [0.1, 0.15) is 0 Å². The molecule has 0 bridgehead atoms. The Hall–Kier alpha value is -0.890. The number of ether oxygens (including phenoxy) is 1. The van der Waals surface area contributed by atoms with Gasteiger partial charge in [0, 0.05) is 24.6 Å². The third-order valence-corrected chi connectivity index (χ3v) is 1.79. The number of aryl methyl sites for hydroxylation is 2. The van der Waals surface area contributed by atoms with E-state index in [4.69, 9.17) is 4.74 Å². The summed E-state index contributed by atoms with van der Waals surface area (Å²) in [5.41, 5.74) is 3.52. The van der Waals surface area contributed by atoms with Gasteiger partial charge in [-0.25, -0.2) is 0 Å². The van der Waals surface area contributed by atoms with E-state index in [1.54, 1.807) is 7.11 Å². The van der Waals surface area contributed by atoms with Crippen LogP contribution in [0, 0.1) is 13.8 Å². The second-order valence-electron chi connectivity index (χ2n) is 2.62. The van der Waals surface area contributed by atoms with E-state index in [1.807, 2.05) is 19.2 Å². The average molecular weight is 151 g/mol. The molecule has 1 aromatic rings. The van der Waals surface area contributed by atoms with Crippen molar-refractivity contribution in [1.82, 2.24) is 4.98 Å². The smallest absolute Gasteiger partial charge is 0.0733 e.